The molecule has 5 heteroatoms. The Morgan fingerprint density at radius 2 is 1.89 bits per heavy atom. The van der Waals surface area contributed by atoms with Crippen molar-refractivity contribution in [2.45, 2.75) is 12.8 Å². The number of fused-ring (bicyclic) bond motifs is 1. The number of ether oxygens (including phenoxy) is 2. The third kappa shape index (κ3) is 2.61. The Balaban J connectivity index is 2.51. The number of hydrogen-bond donors (Lipinski definition) is 1. The van der Waals surface area contributed by atoms with Crippen molar-refractivity contribution in [2.24, 2.45) is 5.73 Å². The van der Waals surface area contributed by atoms with Crippen LogP contribution in [0.1, 0.15) is 18.1 Å². The summed E-state index contributed by atoms with van der Waals surface area (Å²) in [4.78, 5) is 0. The largest absolute Gasteiger partial charge is 0.486 e. The Hall–Kier alpha value is -1.62. The van der Waals surface area contributed by atoms with Gasteiger partial charge in [-0.05, 0) is 17.7 Å². The molecule has 0 saturated carbocycles. The molecule has 0 saturated heterocycles. The summed E-state index contributed by atoms with van der Waals surface area (Å²) in [6, 6.07) is 2.90. The molecule has 1 aliphatic heterocycles. The zero-order valence-corrected chi connectivity index (χ0v) is 10.1. The minimum Gasteiger partial charge on any atom is -0.486 e. The number of rotatable bonds is 3. The first-order valence-corrected chi connectivity index (χ1v) is 5.71. The summed E-state index contributed by atoms with van der Waals surface area (Å²) >= 11 is 0. The van der Waals surface area contributed by atoms with Crippen LogP contribution in [0.5, 0.6) is 11.5 Å². The molecule has 98 valence electrons. The van der Waals surface area contributed by atoms with Crippen LogP contribution >= 0.6 is 0 Å². The summed E-state index contributed by atoms with van der Waals surface area (Å²) in [5.74, 6) is -2.09. The molecular formula is C13H15F2NO2. The monoisotopic (exact) mass is 255 g/mol. The van der Waals surface area contributed by atoms with Gasteiger partial charge in [0, 0.05) is 19.0 Å². The predicted molar refractivity (Wildman–Crippen MR) is 65.1 cm³/mol. The van der Waals surface area contributed by atoms with Crippen LogP contribution < -0.4 is 15.2 Å². The number of benzene rings is 1. The highest BCUT2D eigenvalue weighted by atomic mass is 19.3. The van der Waals surface area contributed by atoms with E-state index in [2.05, 4.69) is 0 Å². The fourth-order valence-corrected chi connectivity index (χ4v) is 1.82. The van der Waals surface area contributed by atoms with Crippen LogP contribution in [-0.2, 0) is 5.92 Å². The van der Waals surface area contributed by atoms with E-state index in [4.69, 9.17) is 15.2 Å². The lowest BCUT2D eigenvalue weighted by molar-refractivity contribution is 0.0167. The molecular weight excluding hydrogens is 240 g/mol. The van der Waals surface area contributed by atoms with Crippen LogP contribution in [0.4, 0.5) is 8.78 Å². The Morgan fingerprint density at radius 3 is 2.44 bits per heavy atom. The number of nitrogens with two attached hydrogens (primary N) is 1. The Morgan fingerprint density at radius 1 is 1.28 bits per heavy atom. The van der Waals surface area contributed by atoms with Gasteiger partial charge >= 0.3 is 0 Å². The number of halogens is 2. The molecule has 1 aromatic rings. The lowest BCUT2D eigenvalue weighted by atomic mass is 10.0. The Bertz CT molecular complexity index is 467. The molecule has 0 bridgehead atoms. The molecule has 0 aromatic heterocycles. The molecule has 0 amide bonds. The van der Waals surface area contributed by atoms with Crippen LogP contribution in [0.3, 0.4) is 0 Å². The highest BCUT2D eigenvalue weighted by molar-refractivity contribution is 5.61. The molecule has 1 aliphatic rings. The molecule has 2 rings (SSSR count). The van der Waals surface area contributed by atoms with Crippen molar-refractivity contribution in [1.82, 2.24) is 0 Å². The third-order valence-electron chi connectivity index (χ3n) is 2.62. The highest BCUT2D eigenvalue weighted by Crippen LogP contribution is 2.39. The molecule has 1 heterocycles. The molecule has 0 atom stereocenters. The van der Waals surface area contributed by atoms with Crippen molar-refractivity contribution in [3.63, 3.8) is 0 Å². The zero-order chi connectivity index (χ0) is 13.2. The maximum absolute atomic E-state index is 13.6. The lowest BCUT2D eigenvalue weighted by Gasteiger charge is -2.22. The minimum atomic E-state index is -2.94. The van der Waals surface area contributed by atoms with Crippen molar-refractivity contribution in [1.29, 1.82) is 0 Å². The van der Waals surface area contributed by atoms with Crippen molar-refractivity contribution >= 4 is 6.08 Å². The van der Waals surface area contributed by atoms with Gasteiger partial charge in [-0.15, -0.1) is 0 Å². The van der Waals surface area contributed by atoms with Gasteiger partial charge in [-0.1, -0.05) is 12.2 Å². The topological polar surface area (TPSA) is 44.5 Å². The summed E-state index contributed by atoms with van der Waals surface area (Å²) in [5, 5.41) is 0. The van der Waals surface area contributed by atoms with E-state index in [-0.39, 0.29) is 5.56 Å². The molecule has 0 fully saturated rings. The van der Waals surface area contributed by atoms with Gasteiger partial charge in [0.25, 0.3) is 5.92 Å². The first kappa shape index (κ1) is 12.8. The summed E-state index contributed by atoms with van der Waals surface area (Å²) in [6.07, 6.45) is 3.20. The van der Waals surface area contributed by atoms with Crippen molar-refractivity contribution in [3.8, 4) is 11.5 Å². The molecule has 0 radical (unpaired) electrons. The van der Waals surface area contributed by atoms with Crippen LogP contribution in [0, 0.1) is 0 Å². The van der Waals surface area contributed by atoms with Crippen LogP contribution in [0.15, 0.2) is 18.2 Å². The van der Waals surface area contributed by atoms with E-state index < -0.39 is 5.92 Å². The average molecular weight is 255 g/mol. The second-order valence-corrected chi connectivity index (χ2v) is 4.11. The van der Waals surface area contributed by atoms with Gasteiger partial charge in [-0.25, -0.2) is 8.78 Å². The smallest absolute Gasteiger partial charge is 0.271 e. The average Bonchev–Trinajstić information content (AvgIpc) is 2.34. The van der Waals surface area contributed by atoms with Gasteiger partial charge in [0.1, 0.15) is 13.2 Å². The number of alkyl halides is 2. The van der Waals surface area contributed by atoms with Crippen LogP contribution in [0.2, 0.25) is 0 Å². The summed E-state index contributed by atoms with van der Waals surface area (Å²) in [6.45, 7) is 1.95. The van der Waals surface area contributed by atoms with Crippen LogP contribution in [0.25, 0.3) is 6.08 Å². The molecule has 1 aromatic carbocycles. The van der Waals surface area contributed by atoms with E-state index in [0.29, 0.717) is 36.8 Å². The van der Waals surface area contributed by atoms with Gasteiger partial charge in [0.15, 0.2) is 11.5 Å². The van der Waals surface area contributed by atoms with E-state index in [9.17, 15) is 8.78 Å². The fraction of sp³-hybridized carbons (Fsp3) is 0.385. The molecule has 18 heavy (non-hydrogen) atoms. The van der Waals surface area contributed by atoms with E-state index in [1.54, 1.807) is 18.2 Å². The first-order valence-electron chi connectivity index (χ1n) is 5.71. The van der Waals surface area contributed by atoms with Crippen molar-refractivity contribution < 1.29 is 18.3 Å². The van der Waals surface area contributed by atoms with Crippen LogP contribution in [-0.4, -0.2) is 19.8 Å². The predicted octanol–water partition coefficient (Wildman–Crippen LogP) is 2.54. The third-order valence-corrected chi connectivity index (χ3v) is 2.62. The summed E-state index contributed by atoms with van der Waals surface area (Å²) in [7, 11) is 0. The molecule has 0 unspecified atom stereocenters. The maximum atomic E-state index is 13.6. The minimum absolute atomic E-state index is 0.0866. The fourth-order valence-electron chi connectivity index (χ4n) is 1.82. The normalized spacial score (nSPS) is 15.1. The van der Waals surface area contributed by atoms with E-state index in [1.165, 1.54) is 6.07 Å². The van der Waals surface area contributed by atoms with Gasteiger partial charge < -0.3 is 15.2 Å². The van der Waals surface area contributed by atoms with Gasteiger partial charge in [-0.2, -0.15) is 0 Å². The molecule has 3 nitrogen and oxygen atoms in total. The Kier molecular flexibility index (Phi) is 3.52. The van der Waals surface area contributed by atoms with E-state index in [0.717, 1.165) is 6.92 Å². The first-order chi connectivity index (χ1) is 8.52. The second-order valence-electron chi connectivity index (χ2n) is 4.11. The number of hydrogen-bond acceptors (Lipinski definition) is 3. The summed E-state index contributed by atoms with van der Waals surface area (Å²) in [5.41, 5.74) is 5.66. The van der Waals surface area contributed by atoms with E-state index in [1.807, 2.05) is 0 Å². The molecule has 2 N–H and O–H groups in total. The van der Waals surface area contributed by atoms with Crippen molar-refractivity contribution in [2.75, 3.05) is 19.8 Å². The van der Waals surface area contributed by atoms with Gasteiger partial charge in [0.05, 0.1) is 0 Å². The standard InChI is InChI=1S/C13H15F2NO2/c1-13(14,15)10-8-12-11(17-5-6-18-12)7-9(10)3-2-4-16/h2-3,7-8H,4-6,16H2,1H3/b3-2+. The maximum Gasteiger partial charge on any atom is 0.271 e. The summed E-state index contributed by atoms with van der Waals surface area (Å²) < 4.78 is 37.8. The van der Waals surface area contributed by atoms with Gasteiger partial charge in [0.2, 0.25) is 0 Å². The lowest BCUT2D eigenvalue weighted by Crippen LogP contribution is -2.17. The van der Waals surface area contributed by atoms with Crippen molar-refractivity contribution in [3.05, 3.63) is 29.3 Å². The SMILES string of the molecule is CC(F)(F)c1cc2c(cc1/C=C/CN)OCCO2. The second kappa shape index (κ2) is 4.94. The quantitative estimate of drug-likeness (QED) is 0.902. The molecule has 0 aliphatic carbocycles. The Labute approximate surface area is 104 Å². The molecule has 0 spiro atoms. The zero-order valence-electron chi connectivity index (χ0n) is 10.1. The highest BCUT2D eigenvalue weighted by Gasteiger charge is 2.29. The van der Waals surface area contributed by atoms with E-state index >= 15 is 0 Å². The van der Waals surface area contributed by atoms with Gasteiger partial charge in [-0.3, -0.25) is 0 Å².